The molecule has 5 rings (SSSR count). The Morgan fingerprint density at radius 1 is 1.12 bits per heavy atom. The lowest BCUT2D eigenvalue weighted by atomic mass is 10.1. The van der Waals surface area contributed by atoms with Crippen LogP contribution in [0.15, 0.2) is 42.5 Å². The maximum atomic E-state index is 12.9. The molecular weight excluding hydrogens is 426 g/mol. The van der Waals surface area contributed by atoms with Gasteiger partial charge in [-0.2, -0.15) is 4.98 Å². The number of hydrogen-bond donors (Lipinski definition) is 1. The van der Waals surface area contributed by atoms with Gasteiger partial charge in [-0.1, -0.05) is 41.2 Å². The van der Waals surface area contributed by atoms with Crippen molar-refractivity contribution in [1.82, 2.24) is 19.5 Å². The van der Waals surface area contributed by atoms with Gasteiger partial charge in [0.25, 0.3) is 0 Å². The van der Waals surface area contributed by atoms with Gasteiger partial charge in [-0.05, 0) is 19.1 Å². The molecule has 2 aromatic heterocycles. The number of fused-ring (bicyclic) bond motifs is 3. The van der Waals surface area contributed by atoms with Gasteiger partial charge in [0.15, 0.2) is 5.82 Å². The molecule has 0 bridgehead atoms. The van der Waals surface area contributed by atoms with E-state index in [2.05, 4.69) is 24.4 Å². The van der Waals surface area contributed by atoms with E-state index in [0.717, 1.165) is 33.3 Å². The average molecular weight is 450 g/mol. The van der Waals surface area contributed by atoms with E-state index in [1.807, 2.05) is 16.6 Å². The summed E-state index contributed by atoms with van der Waals surface area (Å²) in [7, 11) is 3.16. The molecule has 0 saturated carbocycles. The van der Waals surface area contributed by atoms with Crippen LogP contribution in [0, 0.1) is 6.92 Å². The van der Waals surface area contributed by atoms with Gasteiger partial charge in [0.05, 0.1) is 32.1 Å². The number of methoxy groups -OCH3 is 2. The van der Waals surface area contributed by atoms with Crippen molar-refractivity contribution in [3.8, 4) is 22.9 Å². The fourth-order valence-electron chi connectivity index (χ4n) is 3.78. The number of nitrogens with one attached hydrogen (secondary N) is 1. The van der Waals surface area contributed by atoms with Crippen molar-refractivity contribution in [1.29, 1.82) is 0 Å². The first-order valence-electron chi connectivity index (χ1n) is 10.3. The summed E-state index contributed by atoms with van der Waals surface area (Å²) in [6.07, 6.45) is 0.721. The summed E-state index contributed by atoms with van der Waals surface area (Å²) in [5.41, 5.74) is 3.94. The summed E-state index contributed by atoms with van der Waals surface area (Å²) >= 11 is 1.58. The molecule has 0 unspecified atom stereocenters. The van der Waals surface area contributed by atoms with Gasteiger partial charge in [0, 0.05) is 29.5 Å². The number of anilines is 1. The number of aromatic nitrogens is 3. The Balaban J connectivity index is 1.34. The highest BCUT2D eigenvalue weighted by Crippen LogP contribution is 2.32. The number of carbonyl (C=O) groups excluding carboxylic acids is 1. The highest BCUT2D eigenvalue weighted by atomic mass is 32.1. The fourth-order valence-corrected chi connectivity index (χ4v) is 4.90. The first-order chi connectivity index (χ1) is 15.6. The number of carbonyl (C=O) groups is 1. The Morgan fingerprint density at radius 3 is 2.69 bits per heavy atom. The Kier molecular flexibility index (Phi) is 5.18. The van der Waals surface area contributed by atoms with Gasteiger partial charge in [-0.3, -0.25) is 0 Å². The SMILES string of the molecule is COc1ccc(NC(=O)N2CCc3c(sc4nc(-c5ccc(C)cc5)nn34)C2)c(OC)c1. The van der Waals surface area contributed by atoms with Gasteiger partial charge in [0.2, 0.25) is 4.96 Å². The zero-order valence-electron chi connectivity index (χ0n) is 18.1. The third-order valence-corrected chi connectivity index (χ3v) is 6.63. The first kappa shape index (κ1) is 20.3. The van der Waals surface area contributed by atoms with E-state index in [9.17, 15) is 4.79 Å². The molecule has 2 amide bonds. The van der Waals surface area contributed by atoms with Gasteiger partial charge in [0.1, 0.15) is 11.5 Å². The zero-order chi connectivity index (χ0) is 22.2. The second-order valence-electron chi connectivity index (χ2n) is 7.64. The van der Waals surface area contributed by atoms with Crippen LogP contribution < -0.4 is 14.8 Å². The monoisotopic (exact) mass is 449 g/mol. The molecule has 164 valence electrons. The van der Waals surface area contributed by atoms with E-state index in [4.69, 9.17) is 19.6 Å². The Hall–Kier alpha value is -3.59. The number of benzene rings is 2. The summed E-state index contributed by atoms with van der Waals surface area (Å²) in [5, 5.41) is 7.68. The smallest absolute Gasteiger partial charge is 0.322 e. The quantitative estimate of drug-likeness (QED) is 0.500. The third kappa shape index (κ3) is 3.64. The molecule has 3 heterocycles. The number of thiazole rings is 1. The average Bonchev–Trinajstić information content (AvgIpc) is 3.37. The van der Waals surface area contributed by atoms with Crippen molar-refractivity contribution >= 4 is 28.0 Å². The Bertz CT molecular complexity index is 1300. The maximum Gasteiger partial charge on any atom is 0.322 e. The summed E-state index contributed by atoms with van der Waals surface area (Å²) < 4.78 is 12.5. The predicted octanol–water partition coefficient (Wildman–Crippen LogP) is 4.37. The Labute approximate surface area is 189 Å². The van der Waals surface area contributed by atoms with Crippen molar-refractivity contribution in [2.45, 2.75) is 19.9 Å². The molecule has 1 aliphatic rings. The summed E-state index contributed by atoms with van der Waals surface area (Å²) in [4.78, 5) is 21.4. The number of aryl methyl sites for hydroxylation is 1. The fraction of sp³-hybridized carbons (Fsp3) is 0.261. The molecule has 0 radical (unpaired) electrons. The lowest BCUT2D eigenvalue weighted by Gasteiger charge is -2.27. The topological polar surface area (TPSA) is 81.0 Å². The lowest BCUT2D eigenvalue weighted by Crippen LogP contribution is -2.38. The van der Waals surface area contributed by atoms with Crippen molar-refractivity contribution in [2.75, 3.05) is 26.1 Å². The van der Waals surface area contributed by atoms with Crippen molar-refractivity contribution in [3.05, 3.63) is 58.6 Å². The molecule has 32 heavy (non-hydrogen) atoms. The minimum atomic E-state index is -0.168. The van der Waals surface area contributed by atoms with E-state index < -0.39 is 0 Å². The molecule has 9 heteroatoms. The highest BCUT2D eigenvalue weighted by Gasteiger charge is 2.27. The van der Waals surface area contributed by atoms with Crippen LogP contribution in [0.1, 0.15) is 16.1 Å². The van der Waals surface area contributed by atoms with Crippen LogP contribution in [0.3, 0.4) is 0 Å². The molecule has 0 fully saturated rings. The Morgan fingerprint density at radius 2 is 1.94 bits per heavy atom. The number of ether oxygens (including phenoxy) is 2. The molecule has 0 saturated heterocycles. The van der Waals surface area contributed by atoms with Crippen LogP contribution in [0.5, 0.6) is 11.5 Å². The van der Waals surface area contributed by atoms with Crippen LogP contribution in [0.25, 0.3) is 16.3 Å². The van der Waals surface area contributed by atoms with E-state index in [0.29, 0.717) is 30.3 Å². The second-order valence-corrected chi connectivity index (χ2v) is 8.70. The summed E-state index contributed by atoms with van der Waals surface area (Å²) in [6.45, 7) is 3.18. The molecule has 0 spiro atoms. The van der Waals surface area contributed by atoms with Crippen LogP contribution in [0.4, 0.5) is 10.5 Å². The number of hydrogen-bond acceptors (Lipinski definition) is 6. The van der Waals surface area contributed by atoms with Crippen molar-refractivity contribution < 1.29 is 14.3 Å². The van der Waals surface area contributed by atoms with Gasteiger partial charge < -0.3 is 19.7 Å². The summed E-state index contributed by atoms with van der Waals surface area (Å²) in [6, 6.07) is 13.4. The minimum Gasteiger partial charge on any atom is -0.497 e. The molecule has 2 aromatic carbocycles. The molecule has 0 aliphatic carbocycles. The van der Waals surface area contributed by atoms with Gasteiger partial charge >= 0.3 is 6.03 Å². The summed E-state index contributed by atoms with van der Waals surface area (Å²) in [5.74, 6) is 1.95. The van der Waals surface area contributed by atoms with E-state index in [1.54, 1.807) is 48.7 Å². The second kappa shape index (κ2) is 8.16. The van der Waals surface area contributed by atoms with Gasteiger partial charge in [-0.25, -0.2) is 9.31 Å². The zero-order valence-corrected chi connectivity index (χ0v) is 18.9. The number of rotatable bonds is 4. The lowest BCUT2D eigenvalue weighted by molar-refractivity contribution is 0.206. The molecular formula is C23H23N5O3S. The van der Waals surface area contributed by atoms with Crippen molar-refractivity contribution in [2.24, 2.45) is 0 Å². The van der Waals surface area contributed by atoms with Crippen LogP contribution in [-0.2, 0) is 13.0 Å². The molecule has 0 atom stereocenters. The van der Waals surface area contributed by atoms with Crippen LogP contribution in [-0.4, -0.2) is 46.3 Å². The number of amides is 2. The molecule has 1 N–H and O–H groups in total. The third-order valence-electron chi connectivity index (χ3n) is 5.57. The van der Waals surface area contributed by atoms with Crippen LogP contribution >= 0.6 is 11.3 Å². The first-order valence-corrected chi connectivity index (χ1v) is 11.1. The normalized spacial score (nSPS) is 13.2. The molecule has 8 nitrogen and oxygen atoms in total. The van der Waals surface area contributed by atoms with E-state index in [1.165, 1.54) is 5.56 Å². The minimum absolute atomic E-state index is 0.168. The largest absolute Gasteiger partial charge is 0.497 e. The molecule has 1 aliphatic heterocycles. The maximum absolute atomic E-state index is 12.9. The predicted molar refractivity (Wildman–Crippen MR) is 124 cm³/mol. The number of nitrogens with zero attached hydrogens (tertiary/aromatic N) is 4. The van der Waals surface area contributed by atoms with Crippen molar-refractivity contribution in [3.63, 3.8) is 0 Å². The van der Waals surface area contributed by atoms with Gasteiger partial charge in [-0.15, -0.1) is 5.10 Å². The number of urea groups is 1. The highest BCUT2D eigenvalue weighted by molar-refractivity contribution is 7.17. The van der Waals surface area contributed by atoms with E-state index >= 15 is 0 Å². The molecule has 4 aromatic rings. The standard InChI is InChI=1S/C23H23N5O3S/c1-14-4-6-15(7-5-14)21-25-23-28(26-21)18-10-11-27(13-20(18)32-23)22(29)24-17-9-8-16(30-2)12-19(17)31-3/h4-9,12H,10-11,13H2,1-3H3,(H,24,29). The van der Waals surface area contributed by atoms with E-state index in [-0.39, 0.29) is 6.03 Å². The van der Waals surface area contributed by atoms with Crippen LogP contribution in [0.2, 0.25) is 0 Å².